The van der Waals surface area contributed by atoms with Gasteiger partial charge in [-0.05, 0) is 44.2 Å². The summed E-state index contributed by atoms with van der Waals surface area (Å²) < 4.78 is 27.8. The quantitative estimate of drug-likeness (QED) is 0.618. The van der Waals surface area contributed by atoms with Crippen molar-refractivity contribution >= 4 is 17.4 Å². The van der Waals surface area contributed by atoms with E-state index in [2.05, 4.69) is 25.6 Å². The van der Waals surface area contributed by atoms with E-state index in [4.69, 9.17) is 5.41 Å². The Hall–Kier alpha value is -3.75. The smallest absolute Gasteiger partial charge is 0.274 e. The van der Waals surface area contributed by atoms with Crippen LogP contribution in [0.3, 0.4) is 0 Å². The Bertz CT molecular complexity index is 1160. The number of hydrogen-bond acceptors (Lipinski definition) is 5. The fourth-order valence-electron chi connectivity index (χ4n) is 3.48. The topological polar surface area (TPSA) is 104 Å². The van der Waals surface area contributed by atoms with Crippen LogP contribution in [0, 0.1) is 24.0 Å². The minimum Gasteiger partial charge on any atom is -0.360 e. The predicted molar refractivity (Wildman–Crippen MR) is 106 cm³/mol. The maximum Gasteiger partial charge on any atom is 0.274 e. The van der Waals surface area contributed by atoms with Crippen LogP contribution in [0.4, 0.5) is 14.5 Å². The molecular weight excluding hydrogens is 390 g/mol. The number of aryl methyl sites for hydroxylation is 1. The summed E-state index contributed by atoms with van der Waals surface area (Å²) >= 11 is 0. The highest BCUT2D eigenvalue weighted by molar-refractivity contribution is 6.03. The summed E-state index contributed by atoms with van der Waals surface area (Å²) in [5.74, 6) is -0.906. The van der Waals surface area contributed by atoms with E-state index in [1.165, 1.54) is 24.3 Å². The molecule has 30 heavy (non-hydrogen) atoms. The van der Waals surface area contributed by atoms with Gasteiger partial charge in [-0.25, -0.2) is 23.7 Å². The monoisotopic (exact) mass is 408 g/mol. The van der Waals surface area contributed by atoms with Gasteiger partial charge in [0.25, 0.3) is 5.91 Å². The van der Waals surface area contributed by atoms with Crippen LogP contribution < -0.4 is 10.6 Å². The molecule has 0 aliphatic carbocycles. The molecule has 1 aliphatic rings. The molecule has 2 aromatic heterocycles. The molecule has 1 aromatic carbocycles. The number of nitrogens with zero attached hydrogens (tertiary/aromatic N) is 3. The van der Waals surface area contributed by atoms with Gasteiger partial charge in [0.05, 0.1) is 23.0 Å². The van der Waals surface area contributed by atoms with Crippen molar-refractivity contribution < 1.29 is 13.6 Å². The number of nitrogens with one attached hydrogen (secondary N) is 3. The summed E-state index contributed by atoms with van der Waals surface area (Å²) in [6.07, 6.45) is 2.86. The van der Waals surface area contributed by atoms with Crippen LogP contribution in [-0.2, 0) is 12.0 Å². The number of hydrogen-bond donors (Lipinski definition) is 3. The van der Waals surface area contributed by atoms with E-state index in [0.717, 1.165) is 12.3 Å². The summed E-state index contributed by atoms with van der Waals surface area (Å²) in [5, 5.41) is 14.0. The Labute approximate surface area is 171 Å². The zero-order valence-electron chi connectivity index (χ0n) is 16.3. The van der Waals surface area contributed by atoms with Gasteiger partial charge >= 0.3 is 0 Å². The van der Waals surface area contributed by atoms with Crippen molar-refractivity contribution in [3.05, 3.63) is 82.7 Å². The third-order valence-electron chi connectivity index (χ3n) is 4.96. The number of rotatable bonds is 3. The highest BCUT2D eigenvalue weighted by atomic mass is 19.1. The molecule has 7 nitrogen and oxygen atoms in total. The number of aromatic nitrogens is 3. The molecule has 1 atom stereocenters. The molecule has 0 saturated carbocycles. The van der Waals surface area contributed by atoms with Gasteiger partial charge < -0.3 is 10.6 Å². The van der Waals surface area contributed by atoms with Crippen molar-refractivity contribution in [3.8, 4) is 0 Å². The first-order valence-corrected chi connectivity index (χ1v) is 9.18. The molecule has 9 heteroatoms. The van der Waals surface area contributed by atoms with Crippen LogP contribution in [0.25, 0.3) is 0 Å². The maximum atomic E-state index is 14.8. The summed E-state index contributed by atoms with van der Waals surface area (Å²) in [5.41, 5.74) is 0.931. The summed E-state index contributed by atoms with van der Waals surface area (Å²) in [7, 11) is 0. The Balaban J connectivity index is 1.65. The molecule has 0 unspecified atom stereocenters. The van der Waals surface area contributed by atoms with Gasteiger partial charge in [-0.1, -0.05) is 0 Å². The Morgan fingerprint density at radius 1 is 1.20 bits per heavy atom. The largest absolute Gasteiger partial charge is 0.360 e. The molecule has 0 fully saturated rings. The number of halogens is 2. The molecular formula is C21H18F2N6O. The fraction of sp³-hybridized carbons (Fsp3) is 0.190. The van der Waals surface area contributed by atoms with Gasteiger partial charge in [0.1, 0.15) is 29.0 Å². The Morgan fingerprint density at radius 3 is 2.73 bits per heavy atom. The maximum absolute atomic E-state index is 14.8. The van der Waals surface area contributed by atoms with Gasteiger partial charge in [0.2, 0.25) is 0 Å². The third kappa shape index (κ3) is 3.61. The molecule has 1 amide bonds. The molecule has 3 heterocycles. The lowest BCUT2D eigenvalue weighted by Crippen LogP contribution is -2.50. The number of amidine groups is 1. The van der Waals surface area contributed by atoms with Gasteiger partial charge in [0, 0.05) is 23.9 Å². The van der Waals surface area contributed by atoms with E-state index in [9.17, 15) is 13.6 Å². The normalized spacial score (nSPS) is 17.8. The van der Waals surface area contributed by atoms with Crippen molar-refractivity contribution in [2.45, 2.75) is 25.8 Å². The van der Waals surface area contributed by atoms with Crippen LogP contribution >= 0.6 is 0 Å². The van der Waals surface area contributed by atoms with Gasteiger partial charge in [-0.3, -0.25) is 10.2 Å². The zero-order chi connectivity index (χ0) is 21.5. The van der Waals surface area contributed by atoms with Gasteiger partial charge in [-0.15, -0.1) is 0 Å². The van der Waals surface area contributed by atoms with E-state index in [1.54, 1.807) is 20.0 Å². The van der Waals surface area contributed by atoms with Crippen LogP contribution in [0.5, 0.6) is 0 Å². The first-order chi connectivity index (χ1) is 14.2. The minimum absolute atomic E-state index is 0.0344. The summed E-state index contributed by atoms with van der Waals surface area (Å²) in [6.45, 7) is 3.52. The lowest BCUT2D eigenvalue weighted by Gasteiger charge is -2.37. The molecule has 152 valence electrons. The molecule has 3 aromatic rings. The molecule has 0 bridgehead atoms. The Kier molecular flexibility index (Phi) is 4.73. The van der Waals surface area contributed by atoms with Crippen molar-refractivity contribution in [1.29, 1.82) is 5.41 Å². The molecule has 1 aliphatic heterocycles. The second kappa shape index (κ2) is 7.25. The van der Waals surface area contributed by atoms with Gasteiger partial charge in [-0.2, -0.15) is 0 Å². The fourth-order valence-corrected chi connectivity index (χ4v) is 3.48. The van der Waals surface area contributed by atoms with E-state index in [-0.39, 0.29) is 17.1 Å². The standard InChI is InChI=1S/C21H18F2N6O/c1-11-25-10-14-18(27-11)8-21(2,29-19(14)24)15-7-13(4-5-16(15)23)28-20(30)17-6-3-12(22)9-26-17/h3-7,9-10H,8H2,1-2H3,(H2,24,29)(H,28,30)/t21-/m0/s1. The molecule has 3 N–H and O–H groups in total. The number of fused-ring (bicyclic) bond motifs is 1. The number of carbonyl (C=O) groups is 1. The molecule has 4 rings (SSSR count). The van der Waals surface area contributed by atoms with Crippen molar-refractivity contribution in [2.75, 3.05) is 5.32 Å². The predicted octanol–water partition coefficient (Wildman–Crippen LogP) is 3.10. The lowest BCUT2D eigenvalue weighted by molar-refractivity contribution is 0.102. The van der Waals surface area contributed by atoms with Crippen LogP contribution in [0.1, 0.15) is 40.1 Å². The van der Waals surface area contributed by atoms with Crippen LogP contribution in [-0.4, -0.2) is 26.7 Å². The summed E-state index contributed by atoms with van der Waals surface area (Å²) in [4.78, 5) is 24.6. The molecule has 0 saturated heterocycles. The van der Waals surface area contributed by atoms with Gasteiger partial charge in [0.15, 0.2) is 0 Å². The number of anilines is 1. The summed E-state index contributed by atoms with van der Waals surface area (Å²) in [6, 6.07) is 6.59. The zero-order valence-corrected chi connectivity index (χ0v) is 16.3. The molecule has 0 radical (unpaired) electrons. The second-order valence-corrected chi connectivity index (χ2v) is 7.30. The van der Waals surface area contributed by atoms with Crippen molar-refractivity contribution in [1.82, 2.24) is 20.3 Å². The van der Waals surface area contributed by atoms with E-state index in [0.29, 0.717) is 29.2 Å². The molecule has 0 spiro atoms. The number of carbonyl (C=O) groups excluding carboxylic acids is 1. The second-order valence-electron chi connectivity index (χ2n) is 7.30. The number of amides is 1. The van der Waals surface area contributed by atoms with Crippen molar-refractivity contribution in [2.24, 2.45) is 0 Å². The number of benzene rings is 1. The average Bonchev–Trinajstić information content (AvgIpc) is 2.69. The van der Waals surface area contributed by atoms with Crippen molar-refractivity contribution in [3.63, 3.8) is 0 Å². The van der Waals surface area contributed by atoms with Crippen LogP contribution in [0.2, 0.25) is 0 Å². The highest BCUT2D eigenvalue weighted by Crippen LogP contribution is 2.33. The van der Waals surface area contributed by atoms with E-state index in [1.807, 2.05) is 0 Å². The minimum atomic E-state index is -0.955. The third-order valence-corrected chi connectivity index (χ3v) is 4.96. The first-order valence-electron chi connectivity index (χ1n) is 9.18. The number of pyridine rings is 1. The Morgan fingerprint density at radius 2 is 2.00 bits per heavy atom. The first kappa shape index (κ1) is 19.6. The van der Waals surface area contributed by atoms with E-state index >= 15 is 0 Å². The average molecular weight is 408 g/mol. The van der Waals surface area contributed by atoms with E-state index < -0.39 is 23.1 Å². The lowest BCUT2D eigenvalue weighted by atomic mass is 9.82. The van der Waals surface area contributed by atoms with Crippen LogP contribution in [0.15, 0.2) is 42.7 Å². The SMILES string of the molecule is Cc1ncc2c(n1)C[C@@](C)(c1cc(NC(=O)c3ccc(F)cn3)ccc1F)NC2=N. The highest BCUT2D eigenvalue weighted by Gasteiger charge is 2.37.